The number of hydrogen-bond donors (Lipinski definition) is 0. The van der Waals surface area contributed by atoms with Crippen molar-refractivity contribution in [2.75, 3.05) is 33.6 Å². The molecule has 0 N–H and O–H groups in total. The number of furan rings is 1. The summed E-state index contributed by atoms with van der Waals surface area (Å²) in [4.78, 5) is 2.76. The molecule has 5 aliphatic rings. The van der Waals surface area contributed by atoms with Gasteiger partial charge >= 0.3 is 0 Å². The molecular weight excluding hydrogens is 454 g/mol. The molecule has 3 aromatic rings. The fourth-order valence-electron chi connectivity index (χ4n) is 8.15. The van der Waals surface area contributed by atoms with Gasteiger partial charge in [0.05, 0.1) is 5.41 Å². The zero-order valence-corrected chi connectivity index (χ0v) is 21.0. The molecule has 8 rings (SSSR count). The monoisotopic (exact) mass is 487 g/mol. The Bertz CT molecular complexity index is 1360. The lowest BCUT2D eigenvalue weighted by molar-refractivity contribution is -0.204. The largest absolute Gasteiger partial charge is 0.477 e. The van der Waals surface area contributed by atoms with Crippen molar-refractivity contribution >= 4 is 11.0 Å². The molecule has 1 aromatic heterocycles. The average molecular weight is 488 g/mol. The SMILES string of the molecule is CCO[C@@]12Cc3c(oc4ccccc34)[C@@H]3Oc4c(OCOC)ccc5c4[C@@]31CCN(CC1CC1)[C@@H]2C5. The van der Waals surface area contributed by atoms with Crippen molar-refractivity contribution in [3.63, 3.8) is 0 Å². The number of methoxy groups -OCH3 is 1. The van der Waals surface area contributed by atoms with E-state index in [9.17, 15) is 0 Å². The molecule has 6 heteroatoms. The lowest BCUT2D eigenvalue weighted by Crippen LogP contribution is -2.75. The number of piperidine rings is 1. The van der Waals surface area contributed by atoms with Crippen molar-refractivity contribution in [2.24, 2.45) is 5.92 Å². The zero-order valence-electron chi connectivity index (χ0n) is 21.0. The molecule has 188 valence electrons. The first-order valence-corrected chi connectivity index (χ1v) is 13.5. The van der Waals surface area contributed by atoms with E-state index in [2.05, 4.69) is 48.2 Å². The highest BCUT2D eigenvalue weighted by atomic mass is 16.7. The van der Waals surface area contributed by atoms with Gasteiger partial charge in [0.15, 0.2) is 24.4 Å². The summed E-state index contributed by atoms with van der Waals surface area (Å²) in [6.45, 7) is 5.26. The number of benzene rings is 2. The van der Waals surface area contributed by atoms with Gasteiger partial charge in [-0.2, -0.15) is 0 Å². The van der Waals surface area contributed by atoms with Crippen molar-refractivity contribution < 1.29 is 23.4 Å². The van der Waals surface area contributed by atoms with Crippen molar-refractivity contribution in [1.82, 2.24) is 4.90 Å². The summed E-state index contributed by atoms with van der Waals surface area (Å²) in [6, 6.07) is 13.1. The van der Waals surface area contributed by atoms with Crippen molar-refractivity contribution in [2.45, 2.75) is 62.2 Å². The molecule has 3 aliphatic carbocycles. The fraction of sp³-hybridized carbons (Fsp3) is 0.533. The second kappa shape index (κ2) is 7.50. The first-order chi connectivity index (χ1) is 17.7. The molecule has 0 radical (unpaired) electrons. The molecule has 0 amide bonds. The standard InChI is InChI=1S/C30H33NO5/c1-3-34-30-15-21-20-6-4-5-7-22(20)35-26(21)28-29(30)12-13-31(16-18-8-9-18)24(30)14-19-10-11-23(33-17-32-2)27(36-28)25(19)29/h4-7,10-11,18,24,28H,3,8-9,12-17H2,1-2H3/t24-,28+,29+,30-/m1/s1. The van der Waals surface area contributed by atoms with E-state index in [-0.39, 0.29) is 23.9 Å². The van der Waals surface area contributed by atoms with Crippen LogP contribution in [0, 0.1) is 5.92 Å². The molecule has 1 saturated heterocycles. The summed E-state index contributed by atoms with van der Waals surface area (Å²) in [5, 5.41) is 1.19. The highest BCUT2D eigenvalue weighted by molar-refractivity contribution is 5.84. The van der Waals surface area contributed by atoms with Gasteiger partial charge in [-0.25, -0.2) is 0 Å². The van der Waals surface area contributed by atoms with Gasteiger partial charge in [0.25, 0.3) is 0 Å². The first kappa shape index (κ1) is 21.5. The van der Waals surface area contributed by atoms with Crippen LogP contribution in [0.3, 0.4) is 0 Å². The molecule has 0 unspecified atom stereocenters. The number of para-hydroxylation sites is 1. The maximum Gasteiger partial charge on any atom is 0.188 e. The third kappa shape index (κ3) is 2.58. The topological polar surface area (TPSA) is 53.3 Å². The predicted octanol–water partition coefficient (Wildman–Crippen LogP) is 5.16. The highest BCUT2D eigenvalue weighted by Crippen LogP contribution is 2.70. The van der Waals surface area contributed by atoms with Gasteiger partial charge in [-0.15, -0.1) is 0 Å². The molecule has 4 atom stereocenters. The molecule has 2 fully saturated rings. The fourth-order valence-corrected chi connectivity index (χ4v) is 8.15. The van der Waals surface area contributed by atoms with Crippen molar-refractivity contribution in [3.05, 3.63) is 58.8 Å². The summed E-state index contributed by atoms with van der Waals surface area (Å²) < 4.78 is 32.0. The van der Waals surface area contributed by atoms with Gasteiger partial charge in [-0.3, -0.25) is 4.90 Å². The van der Waals surface area contributed by atoms with Crippen LogP contribution in [0.5, 0.6) is 11.5 Å². The van der Waals surface area contributed by atoms with E-state index in [4.69, 9.17) is 23.4 Å². The van der Waals surface area contributed by atoms with Crippen LogP contribution in [-0.4, -0.2) is 50.1 Å². The number of rotatable bonds is 7. The number of ether oxygens (including phenoxy) is 4. The molecular formula is C30H33NO5. The summed E-state index contributed by atoms with van der Waals surface area (Å²) in [5.74, 6) is 3.43. The second-order valence-corrected chi connectivity index (χ2v) is 11.3. The number of fused-ring (bicyclic) bond motifs is 4. The van der Waals surface area contributed by atoms with Gasteiger partial charge in [0.2, 0.25) is 0 Å². The van der Waals surface area contributed by atoms with E-state index >= 15 is 0 Å². The summed E-state index contributed by atoms with van der Waals surface area (Å²) in [7, 11) is 1.65. The zero-order chi connectivity index (χ0) is 24.1. The Morgan fingerprint density at radius 1 is 1.14 bits per heavy atom. The van der Waals surface area contributed by atoms with Crippen LogP contribution in [0.4, 0.5) is 0 Å². The Morgan fingerprint density at radius 2 is 2.03 bits per heavy atom. The Kier molecular flexibility index (Phi) is 4.49. The second-order valence-electron chi connectivity index (χ2n) is 11.3. The van der Waals surface area contributed by atoms with Crippen LogP contribution in [-0.2, 0) is 27.7 Å². The predicted molar refractivity (Wildman–Crippen MR) is 135 cm³/mol. The maximum absolute atomic E-state index is 7.09. The van der Waals surface area contributed by atoms with Crippen LogP contribution in [0.1, 0.15) is 54.7 Å². The Labute approximate surface area is 211 Å². The molecule has 1 saturated carbocycles. The van der Waals surface area contributed by atoms with Crippen molar-refractivity contribution in [1.29, 1.82) is 0 Å². The van der Waals surface area contributed by atoms with E-state index < -0.39 is 0 Å². The van der Waals surface area contributed by atoms with E-state index in [0.29, 0.717) is 12.6 Å². The number of likely N-dealkylation sites (tertiary alicyclic amines) is 1. The molecule has 36 heavy (non-hydrogen) atoms. The normalized spacial score (nSPS) is 31.7. The minimum absolute atomic E-state index is 0.192. The lowest BCUT2D eigenvalue weighted by atomic mass is 9.49. The van der Waals surface area contributed by atoms with E-state index in [1.54, 1.807) is 7.11 Å². The Morgan fingerprint density at radius 3 is 2.86 bits per heavy atom. The van der Waals surface area contributed by atoms with Crippen LogP contribution in [0.25, 0.3) is 11.0 Å². The third-order valence-electron chi connectivity index (χ3n) is 9.61. The lowest BCUT2D eigenvalue weighted by Gasteiger charge is -2.64. The molecule has 2 aliphatic heterocycles. The highest BCUT2D eigenvalue weighted by Gasteiger charge is 2.74. The molecule has 3 heterocycles. The molecule has 1 spiro atoms. The van der Waals surface area contributed by atoms with Gasteiger partial charge < -0.3 is 23.4 Å². The quantitative estimate of drug-likeness (QED) is 0.429. The average Bonchev–Trinajstić information content (AvgIpc) is 3.53. The van der Waals surface area contributed by atoms with Crippen LogP contribution >= 0.6 is 0 Å². The number of nitrogens with zero attached hydrogens (tertiary/aromatic N) is 1. The Balaban J connectivity index is 1.40. The van der Waals surface area contributed by atoms with Gasteiger partial charge in [0.1, 0.15) is 16.9 Å². The first-order valence-electron chi connectivity index (χ1n) is 13.5. The van der Waals surface area contributed by atoms with Crippen LogP contribution < -0.4 is 9.47 Å². The van der Waals surface area contributed by atoms with E-state index in [1.807, 2.05) is 0 Å². The van der Waals surface area contributed by atoms with Gasteiger partial charge in [-0.1, -0.05) is 24.3 Å². The minimum atomic E-state index is -0.378. The maximum atomic E-state index is 7.09. The summed E-state index contributed by atoms with van der Waals surface area (Å²) in [5.41, 5.74) is 4.18. The molecule has 6 nitrogen and oxygen atoms in total. The van der Waals surface area contributed by atoms with Crippen LogP contribution in [0.2, 0.25) is 0 Å². The third-order valence-corrected chi connectivity index (χ3v) is 9.61. The minimum Gasteiger partial charge on any atom is -0.477 e. The van der Waals surface area contributed by atoms with Gasteiger partial charge in [0, 0.05) is 49.2 Å². The van der Waals surface area contributed by atoms with Crippen molar-refractivity contribution in [3.8, 4) is 11.5 Å². The number of hydrogen-bond acceptors (Lipinski definition) is 6. The van der Waals surface area contributed by atoms with E-state index in [1.165, 1.54) is 41.5 Å². The summed E-state index contributed by atoms with van der Waals surface area (Å²) >= 11 is 0. The van der Waals surface area contributed by atoms with Crippen LogP contribution in [0.15, 0.2) is 40.8 Å². The summed E-state index contributed by atoms with van der Waals surface area (Å²) in [6.07, 6.45) is 5.31. The molecule has 2 bridgehead atoms. The Hall–Kier alpha value is -2.54. The smallest absolute Gasteiger partial charge is 0.188 e. The van der Waals surface area contributed by atoms with Gasteiger partial charge in [-0.05, 0) is 62.8 Å². The molecule has 2 aromatic carbocycles. The van der Waals surface area contributed by atoms with E-state index in [0.717, 1.165) is 54.6 Å².